The molecule has 0 spiro atoms. The number of carbonyl (C=O) groups is 2. The molecular formula is C27H24ClNO5. The molecule has 0 unspecified atom stereocenters. The zero-order valence-electron chi connectivity index (χ0n) is 19.0. The number of halogens is 1. The van der Waals surface area contributed by atoms with Gasteiger partial charge in [0.2, 0.25) is 0 Å². The Hall–Kier alpha value is -3.82. The first-order valence-corrected chi connectivity index (χ1v) is 11.2. The molecule has 1 aromatic heterocycles. The number of rotatable bonds is 4. The zero-order valence-corrected chi connectivity index (χ0v) is 19.7. The summed E-state index contributed by atoms with van der Waals surface area (Å²) in [5.74, 6) is 0.771. The van der Waals surface area contributed by atoms with E-state index < -0.39 is 11.9 Å². The fourth-order valence-electron chi connectivity index (χ4n) is 3.75. The zero-order chi connectivity index (χ0) is 24.7. The summed E-state index contributed by atoms with van der Waals surface area (Å²) in [6, 6.07) is 16.6. The molecule has 0 saturated heterocycles. The number of aromatic nitrogens is 1. The molecule has 0 N–H and O–H groups in total. The van der Waals surface area contributed by atoms with Crippen molar-refractivity contribution in [2.45, 2.75) is 26.8 Å². The van der Waals surface area contributed by atoms with Gasteiger partial charge in [-0.25, -0.2) is 9.59 Å². The Labute approximate surface area is 203 Å². The molecule has 34 heavy (non-hydrogen) atoms. The molecule has 6 nitrogen and oxygen atoms in total. The van der Waals surface area contributed by atoms with Crippen LogP contribution in [0.4, 0.5) is 0 Å². The van der Waals surface area contributed by atoms with E-state index in [1.807, 2.05) is 48.5 Å². The average Bonchev–Trinajstić information content (AvgIpc) is 2.85. The van der Waals surface area contributed by atoms with E-state index in [0.29, 0.717) is 41.4 Å². The first-order chi connectivity index (χ1) is 16.4. The molecule has 0 saturated carbocycles. The third-order valence-electron chi connectivity index (χ3n) is 5.19. The molecule has 2 heterocycles. The van der Waals surface area contributed by atoms with Gasteiger partial charge < -0.3 is 14.0 Å². The Morgan fingerprint density at radius 3 is 2.35 bits per heavy atom. The number of aryl methyl sites for hydroxylation is 1. The van der Waals surface area contributed by atoms with E-state index in [4.69, 9.17) is 16.3 Å². The summed E-state index contributed by atoms with van der Waals surface area (Å²) in [6.07, 6.45) is 5.34. The molecule has 3 aromatic rings. The van der Waals surface area contributed by atoms with Gasteiger partial charge in [-0.1, -0.05) is 48.0 Å². The van der Waals surface area contributed by atoms with E-state index >= 15 is 0 Å². The summed E-state index contributed by atoms with van der Waals surface area (Å²) in [7, 11) is 0. The minimum absolute atomic E-state index is 0.116. The standard InChI is InChI=1S/C22H18ClNO3.C5H6O2/c1-2-27-22(26)19-13-18(14-6-4-3-5-7-14)21(25)24-11-10-15-8-9-16(23)12-17(15)20(19)24;1-3-5(6)7-4-2/h3-9,12-13H,2,10-11H2,1H3;1H,4H2,2H3. The van der Waals surface area contributed by atoms with Crippen molar-refractivity contribution in [3.05, 3.63) is 81.1 Å². The molecule has 4 rings (SSSR count). The quantitative estimate of drug-likeness (QED) is 0.308. The van der Waals surface area contributed by atoms with Crippen molar-refractivity contribution in [2.75, 3.05) is 13.2 Å². The first kappa shape index (κ1) is 24.8. The molecule has 1 aliphatic rings. The lowest BCUT2D eigenvalue weighted by Crippen LogP contribution is -2.30. The lowest BCUT2D eigenvalue weighted by atomic mass is 9.92. The predicted octanol–water partition coefficient (Wildman–Crippen LogP) is 4.75. The highest BCUT2D eigenvalue weighted by Gasteiger charge is 2.26. The van der Waals surface area contributed by atoms with Gasteiger partial charge in [-0.3, -0.25) is 4.79 Å². The molecule has 0 radical (unpaired) electrons. The highest BCUT2D eigenvalue weighted by atomic mass is 35.5. The Morgan fingerprint density at radius 2 is 1.74 bits per heavy atom. The van der Waals surface area contributed by atoms with Crippen LogP contribution in [0.1, 0.15) is 29.8 Å². The number of pyridine rings is 1. The fraction of sp³-hybridized carbons (Fsp3) is 0.222. The van der Waals surface area contributed by atoms with Crippen molar-refractivity contribution in [3.63, 3.8) is 0 Å². The summed E-state index contributed by atoms with van der Waals surface area (Å²) in [4.78, 5) is 35.9. The van der Waals surface area contributed by atoms with Crippen LogP contribution in [0.5, 0.6) is 0 Å². The Kier molecular flexibility index (Phi) is 8.29. The number of ether oxygens (including phenoxy) is 2. The van der Waals surface area contributed by atoms with E-state index in [1.165, 1.54) is 0 Å². The smallest absolute Gasteiger partial charge is 0.384 e. The number of terminal acetylenes is 1. The molecule has 0 atom stereocenters. The van der Waals surface area contributed by atoms with E-state index in [1.54, 1.807) is 30.4 Å². The average molecular weight is 478 g/mol. The van der Waals surface area contributed by atoms with Crippen molar-refractivity contribution in [1.29, 1.82) is 0 Å². The second kappa shape index (κ2) is 11.4. The Bertz CT molecular complexity index is 1310. The SMILES string of the molecule is C#CC(=O)OCC.CCOC(=O)c1cc(-c2ccccc2)c(=O)n2c1-c1cc(Cl)ccc1CC2. The largest absolute Gasteiger partial charge is 0.462 e. The number of fused-ring (bicyclic) bond motifs is 3. The number of benzene rings is 2. The number of hydrogen-bond donors (Lipinski definition) is 0. The van der Waals surface area contributed by atoms with Gasteiger partial charge in [-0.15, -0.1) is 6.42 Å². The van der Waals surface area contributed by atoms with Crippen LogP contribution in [0.25, 0.3) is 22.4 Å². The van der Waals surface area contributed by atoms with E-state index in [2.05, 4.69) is 11.2 Å². The normalized spacial score (nSPS) is 11.1. The monoisotopic (exact) mass is 477 g/mol. The van der Waals surface area contributed by atoms with Crippen molar-refractivity contribution in [3.8, 4) is 34.7 Å². The Morgan fingerprint density at radius 1 is 1.03 bits per heavy atom. The van der Waals surface area contributed by atoms with Crippen LogP contribution in [0.15, 0.2) is 59.4 Å². The van der Waals surface area contributed by atoms with Crippen LogP contribution in [0.3, 0.4) is 0 Å². The summed E-state index contributed by atoms with van der Waals surface area (Å²) in [5, 5.41) is 0.566. The van der Waals surface area contributed by atoms with Gasteiger partial charge in [0.05, 0.1) is 24.5 Å². The second-order valence-corrected chi connectivity index (χ2v) is 7.72. The summed E-state index contributed by atoms with van der Waals surface area (Å²) < 4.78 is 11.3. The lowest BCUT2D eigenvalue weighted by Gasteiger charge is -2.25. The maximum absolute atomic E-state index is 13.2. The maximum atomic E-state index is 13.2. The van der Waals surface area contributed by atoms with Crippen LogP contribution in [0, 0.1) is 12.3 Å². The highest BCUT2D eigenvalue weighted by molar-refractivity contribution is 6.31. The van der Waals surface area contributed by atoms with Gasteiger partial charge in [0.15, 0.2) is 0 Å². The molecule has 1 aliphatic heterocycles. The molecule has 174 valence electrons. The highest BCUT2D eigenvalue weighted by Crippen LogP contribution is 2.35. The second-order valence-electron chi connectivity index (χ2n) is 7.28. The molecule has 0 amide bonds. The number of hydrogen-bond acceptors (Lipinski definition) is 5. The van der Waals surface area contributed by atoms with Crippen LogP contribution < -0.4 is 5.56 Å². The third kappa shape index (κ3) is 5.38. The number of esters is 2. The van der Waals surface area contributed by atoms with Gasteiger partial charge in [-0.2, -0.15) is 0 Å². The van der Waals surface area contributed by atoms with Crippen LogP contribution >= 0.6 is 11.6 Å². The van der Waals surface area contributed by atoms with Crippen molar-refractivity contribution < 1.29 is 19.1 Å². The topological polar surface area (TPSA) is 74.6 Å². The fourth-order valence-corrected chi connectivity index (χ4v) is 3.92. The Balaban J connectivity index is 0.000000406. The molecular weight excluding hydrogens is 454 g/mol. The van der Waals surface area contributed by atoms with Gasteiger partial charge in [0.25, 0.3) is 5.56 Å². The molecule has 2 aromatic carbocycles. The molecule has 0 aliphatic carbocycles. The summed E-state index contributed by atoms with van der Waals surface area (Å²) >= 11 is 6.20. The van der Waals surface area contributed by atoms with Crippen LogP contribution in [-0.2, 0) is 27.2 Å². The van der Waals surface area contributed by atoms with Gasteiger partial charge >= 0.3 is 11.9 Å². The van der Waals surface area contributed by atoms with E-state index in [-0.39, 0.29) is 12.2 Å². The van der Waals surface area contributed by atoms with Gasteiger partial charge in [-0.05, 0) is 49.6 Å². The maximum Gasteiger partial charge on any atom is 0.384 e. The minimum atomic E-state index is -0.595. The van der Waals surface area contributed by atoms with E-state index in [9.17, 15) is 14.4 Å². The number of nitrogens with zero attached hydrogens (tertiary/aromatic N) is 1. The van der Waals surface area contributed by atoms with Crippen LogP contribution in [0.2, 0.25) is 5.02 Å². The van der Waals surface area contributed by atoms with Crippen molar-refractivity contribution >= 4 is 23.5 Å². The van der Waals surface area contributed by atoms with Crippen molar-refractivity contribution in [2.24, 2.45) is 0 Å². The minimum Gasteiger partial charge on any atom is -0.462 e. The summed E-state index contributed by atoms with van der Waals surface area (Å²) in [6.45, 7) is 4.59. The van der Waals surface area contributed by atoms with Gasteiger partial charge in [0, 0.05) is 28.6 Å². The summed E-state index contributed by atoms with van der Waals surface area (Å²) in [5.41, 5.74) is 4.01. The lowest BCUT2D eigenvalue weighted by molar-refractivity contribution is -0.136. The third-order valence-corrected chi connectivity index (χ3v) is 5.43. The van der Waals surface area contributed by atoms with Crippen molar-refractivity contribution in [1.82, 2.24) is 4.57 Å². The van der Waals surface area contributed by atoms with E-state index in [0.717, 1.165) is 16.7 Å². The van der Waals surface area contributed by atoms with Crippen LogP contribution in [-0.4, -0.2) is 29.7 Å². The predicted molar refractivity (Wildman–Crippen MR) is 132 cm³/mol. The first-order valence-electron chi connectivity index (χ1n) is 10.8. The number of carbonyl (C=O) groups excluding carboxylic acids is 2. The molecule has 0 fully saturated rings. The molecule has 0 bridgehead atoms. The molecule has 7 heteroatoms. The van der Waals surface area contributed by atoms with Gasteiger partial charge in [0.1, 0.15) is 0 Å².